The normalized spacial score (nSPS) is 24.2. The number of benzene rings is 1. The highest BCUT2D eigenvalue weighted by Gasteiger charge is 2.24. The number of ether oxygens (including phenoxy) is 1. The highest BCUT2D eigenvalue weighted by Crippen LogP contribution is 2.29. The van der Waals surface area contributed by atoms with Crippen molar-refractivity contribution in [1.29, 1.82) is 0 Å². The van der Waals surface area contributed by atoms with Crippen LogP contribution >= 0.6 is 11.8 Å². The van der Waals surface area contributed by atoms with Crippen molar-refractivity contribution in [3.8, 4) is 0 Å². The lowest BCUT2D eigenvalue weighted by Gasteiger charge is -2.13. The number of nitrogens with two attached hydrogens (primary N) is 1. The van der Waals surface area contributed by atoms with Crippen molar-refractivity contribution in [2.75, 3.05) is 6.61 Å². The van der Waals surface area contributed by atoms with Gasteiger partial charge in [0.15, 0.2) is 0 Å². The summed E-state index contributed by atoms with van der Waals surface area (Å²) in [7, 11) is 0. The molecule has 2 N–H and O–H groups in total. The number of rotatable bonds is 4. The maximum absolute atomic E-state index is 13.7. The van der Waals surface area contributed by atoms with Crippen LogP contribution in [0, 0.1) is 5.82 Å². The molecule has 1 aliphatic rings. The van der Waals surface area contributed by atoms with Gasteiger partial charge in [0.25, 0.3) is 0 Å². The molecule has 2 nitrogen and oxygen atoms in total. The van der Waals surface area contributed by atoms with Gasteiger partial charge in [-0.15, -0.1) is 0 Å². The molecule has 0 amide bonds. The van der Waals surface area contributed by atoms with Crippen LogP contribution in [0.4, 0.5) is 4.39 Å². The summed E-state index contributed by atoms with van der Waals surface area (Å²) in [4.78, 5) is 0. The second-order valence-electron chi connectivity index (χ2n) is 4.34. The predicted octanol–water partition coefficient (Wildman–Crippen LogP) is 2.70. The Bertz CT molecular complexity index is 386. The van der Waals surface area contributed by atoms with Gasteiger partial charge in [-0.3, -0.25) is 0 Å². The molecule has 17 heavy (non-hydrogen) atoms. The summed E-state index contributed by atoms with van der Waals surface area (Å²) >= 11 is 1.78. The van der Waals surface area contributed by atoms with Crippen molar-refractivity contribution in [3.63, 3.8) is 0 Å². The zero-order valence-electron chi connectivity index (χ0n) is 9.99. The molecule has 1 aromatic rings. The second-order valence-corrected chi connectivity index (χ2v) is 5.57. The smallest absolute Gasteiger partial charge is 0.127 e. The Balaban J connectivity index is 1.94. The summed E-state index contributed by atoms with van der Waals surface area (Å²) in [6, 6.07) is 5.27. The van der Waals surface area contributed by atoms with E-state index in [0.717, 1.165) is 24.2 Å². The molecule has 2 unspecified atom stereocenters. The number of thioether (sulfide) groups is 1. The zero-order chi connectivity index (χ0) is 12.3. The molecule has 2 atom stereocenters. The van der Waals surface area contributed by atoms with Crippen molar-refractivity contribution in [2.24, 2.45) is 5.73 Å². The van der Waals surface area contributed by atoms with E-state index < -0.39 is 0 Å². The van der Waals surface area contributed by atoms with Crippen LogP contribution in [-0.4, -0.2) is 18.0 Å². The van der Waals surface area contributed by atoms with Gasteiger partial charge in [0.2, 0.25) is 0 Å². The number of hydrogen-bond donors (Lipinski definition) is 1. The van der Waals surface area contributed by atoms with Crippen LogP contribution in [0.15, 0.2) is 18.2 Å². The summed E-state index contributed by atoms with van der Waals surface area (Å²) in [5, 5.41) is 0.489. The summed E-state index contributed by atoms with van der Waals surface area (Å²) in [5.74, 6) is 0.557. The minimum absolute atomic E-state index is 0.146. The molecule has 0 aromatic heterocycles. The molecule has 0 radical (unpaired) electrons. The monoisotopic (exact) mass is 255 g/mol. The second kappa shape index (κ2) is 5.85. The van der Waals surface area contributed by atoms with Crippen LogP contribution in [0.1, 0.15) is 24.5 Å². The van der Waals surface area contributed by atoms with Crippen molar-refractivity contribution >= 4 is 11.8 Å². The third-order valence-corrected chi connectivity index (χ3v) is 4.64. The molecule has 1 saturated heterocycles. The lowest BCUT2D eigenvalue weighted by atomic mass is 10.1. The van der Waals surface area contributed by atoms with Gasteiger partial charge < -0.3 is 10.5 Å². The maximum atomic E-state index is 13.7. The predicted molar refractivity (Wildman–Crippen MR) is 69.4 cm³/mol. The lowest BCUT2D eigenvalue weighted by Crippen LogP contribution is -2.13. The molecular formula is C13H18FNOS. The third kappa shape index (κ3) is 3.21. The molecule has 4 heteroatoms. The molecule has 2 rings (SSSR count). The summed E-state index contributed by atoms with van der Waals surface area (Å²) in [6.45, 7) is 3.30. The van der Waals surface area contributed by atoms with E-state index in [-0.39, 0.29) is 11.9 Å². The SMILES string of the molecule is CC1OCCC1SCc1ccc(CN)cc1F. The van der Waals surface area contributed by atoms with E-state index >= 15 is 0 Å². The first-order valence-corrected chi connectivity index (χ1v) is 6.96. The molecule has 0 spiro atoms. The highest BCUT2D eigenvalue weighted by molar-refractivity contribution is 7.99. The van der Waals surface area contributed by atoms with Crippen molar-refractivity contribution in [3.05, 3.63) is 35.1 Å². The first kappa shape index (κ1) is 12.9. The van der Waals surface area contributed by atoms with Crippen LogP contribution in [0.2, 0.25) is 0 Å². The van der Waals surface area contributed by atoms with E-state index in [2.05, 4.69) is 6.92 Å². The van der Waals surface area contributed by atoms with E-state index in [1.165, 1.54) is 6.07 Å². The molecule has 0 saturated carbocycles. The van der Waals surface area contributed by atoms with Gasteiger partial charge >= 0.3 is 0 Å². The van der Waals surface area contributed by atoms with Crippen molar-refractivity contribution < 1.29 is 9.13 Å². The highest BCUT2D eigenvalue weighted by atomic mass is 32.2. The van der Waals surface area contributed by atoms with E-state index in [1.807, 2.05) is 12.1 Å². The van der Waals surface area contributed by atoms with E-state index in [1.54, 1.807) is 11.8 Å². The molecular weight excluding hydrogens is 237 g/mol. The Hall–Kier alpha value is -0.580. The van der Waals surface area contributed by atoms with Crippen LogP contribution in [0.3, 0.4) is 0 Å². The van der Waals surface area contributed by atoms with Gasteiger partial charge in [0, 0.05) is 24.2 Å². The first-order chi connectivity index (χ1) is 8.20. The van der Waals surface area contributed by atoms with E-state index in [4.69, 9.17) is 10.5 Å². The van der Waals surface area contributed by atoms with Crippen LogP contribution in [0.5, 0.6) is 0 Å². The van der Waals surface area contributed by atoms with Crippen LogP contribution < -0.4 is 5.73 Å². The largest absolute Gasteiger partial charge is 0.377 e. The van der Waals surface area contributed by atoms with Crippen molar-refractivity contribution in [2.45, 2.75) is 37.0 Å². The number of hydrogen-bond acceptors (Lipinski definition) is 3. The minimum Gasteiger partial charge on any atom is -0.377 e. The van der Waals surface area contributed by atoms with E-state index in [0.29, 0.717) is 17.5 Å². The van der Waals surface area contributed by atoms with Crippen molar-refractivity contribution in [1.82, 2.24) is 0 Å². The van der Waals surface area contributed by atoms with Gasteiger partial charge in [0.05, 0.1) is 6.10 Å². The average molecular weight is 255 g/mol. The summed E-state index contributed by atoms with van der Waals surface area (Å²) < 4.78 is 19.2. The molecule has 1 aromatic carbocycles. The fraction of sp³-hybridized carbons (Fsp3) is 0.538. The maximum Gasteiger partial charge on any atom is 0.127 e. The Morgan fingerprint density at radius 2 is 2.35 bits per heavy atom. The van der Waals surface area contributed by atoms with Gasteiger partial charge in [0.1, 0.15) is 5.82 Å². The van der Waals surface area contributed by atoms with Gasteiger partial charge in [-0.2, -0.15) is 11.8 Å². The van der Waals surface area contributed by atoms with Gasteiger partial charge in [-0.1, -0.05) is 12.1 Å². The third-order valence-electron chi connectivity index (χ3n) is 3.11. The summed E-state index contributed by atoms with van der Waals surface area (Å²) in [5.41, 5.74) is 7.07. The lowest BCUT2D eigenvalue weighted by molar-refractivity contribution is 0.127. The fourth-order valence-electron chi connectivity index (χ4n) is 1.96. The Kier molecular flexibility index (Phi) is 4.42. The zero-order valence-corrected chi connectivity index (χ0v) is 10.8. The number of halogens is 1. The van der Waals surface area contributed by atoms with Gasteiger partial charge in [-0.05, 0) is 30.5 Å². The Morgan fingerprint density at radius 3 is 2.94 bits per heavy atom. The Morgan fingerprint density at radius 1 is 1.53 bits per heavy atom. The fourth-order valence-corrected chi connectivity index (χ4v) is 3.20. The van der Waals surface area contributed by atoms with Crippen LogP contribution in [0.25, 0.3) is 0 Å². The summed E-state index contributed by atoms with van der Waals surface area (Å²) in [6.07, 6.45) is 1.35. The molecule has 1 heterocycles. The first-order valence-electron chi connectivity index (χ1n) is 5.91. The molecule has 94 valence electrons. The Labute approximate surface area is 106 Å². The standard InChI is InChI=1S/C13H18FNOS/c1-9-13(4-5-16-9)17-8-11-3-2-10(7-15)6-12(11)14/h2-3,6,9,13H,4-5,7-8,15H2,1H3. The molecule has 1 aliphatic heterocycles. The molecule has 1 fully saturated rings. The topological polar surface area (TPSA) is 35.2 Å². The average Bonchev–Trinajstić information content (AvgIpc) is 2.73. The van der Waals surface area contributed by atoms with Crippen LogP contribution in [-0.2, 0) is 17.0 Å². The minimum atomic E-state index is -0.146. The molecule has 0 aliphatic carbocycles. The molecule has 0 bridgehead atoms. The van der Waals surface area contributed by atoms with Gasteiger partial charge in [-0.25, -0.2) is 4.39 Å². The van der Waals surface area contributed by atoms with E-state index in [9.17, 15) is 4.39 Å². The quantitative estimate of drug-likeness (QED) is 0.898.